The molecular formula is C18H22N4O3S2. The Balaban J connectivity index is 1.57. The molecule has 144 valence electrons. The van der Waals surface area contributed by atoms with Crippen molar-refractivity contribution in [2.45, 2.75) is 30.5 Å². The van der Waals surface area contributed by atoms with Crippen molar-refractivity contribution < 1.29 is 14.3 Å². The number of ether oxygens (including phenoxy) is 1. The smallest absolute Gasteiger partial charge is 0.231 e. The summed E-state index contributed by atoms with van der Waals surface area (Å²) < 4.78 is 5.98. The summed E-state index contributed by atoms with van der Waals surface area (Å²) in [4.78, 5) is 26.5. The highest BCUT2D eigenvalue weighted by molar-refractivity contribution is 8.01. The lowest BCUT2D eigenvalue weighted by Gasteiger charge is -2.16. The monoisotopic (exact) mass is 406 g/mol. The van der Waals surface area contributed by atoms with Gasteiger partial charge in [-0.3, -0.25) is 9.59 Å². The van der Waals surface area contributed by atoms with Gasteiger partial charge in [0, 0.05) is 24.4 Å². The minimum Gasteiger partial charge on any atom is -0.497 e. The second-order valence-corrected chi connectivity index (χ2v) is 8.49. The number of benzene rings is 1. The molecule has 0 aliphatic carbocycles. The third-order valence-electron chi connectivity index (χ3n) is 4.24. The van der Waals surface area contributed by atoms with Gasteiger partial charge in [-0.2, -0.15) is 0 Å². The number of aromatic nitrogens is 2. The van der Waals surface area contributed by atoms with E-state index in [4.69, 9.17) is 4.74 Å². The molecule has 1 aromatic heterocycles. The van der Waals surface area contributed by atoms with E-state index >= 15 is 0 Å². The van der Waals surface area contributed by atoms with E-state index in [2.05, 4.69) is 22.4 Å². The van der Waals surface area contributed by atoms with Gasteiger partial charge in [0.15, 0.2) is 4.34 Å². The fraction of sp³-hybridized carbons (Fsp3) is 0.444. The van der Waals surface area contributed by atoms with Crippen LogP contribution in [-0.4, -0.2) is 41.4 Å². The summed E-state index contributed by atoms with van der Waals surface area (Å²) in [6.45, 7) is 2.50. The van der Waals surface area contributed by atoms with Gasteiger partial charge < -0.3 is 15.0 Å². The highest BCUT2D eigenvalue weighted by atomic mass is 32.2. The fourth-order valence-electron chi connectivity index (χ4n) is 2.72. The summed E-state index contributed by atoms with van der Waals surface area (Å²) in [5.74, 6) is 1.06. The molecule has 0 bridgehead atoms. The first-order valence-corrected chi connectivity index (χ1v) is 10.6. The van der Waals surface area contributed by atoms with E-state index in [1.54, 1.807) is 35.9 Å². The van der Waals surface area contributed by atoms with Gasteiger partial charge in [0.05, 0.1) is 13.0 Å². The molecule has 1 fully saturated rings. The van der Waals surface area contributed by atoms with Gasteiger partial charge in [-0.15, -0.1) is 10.2 Å². The fourth-order valence-corrected chi connectivity index (χ4v) is 4.63. The zero-order valence-corrected chi connectivity index (χ0v) is 16.9. The predicted octanol–water partition coefficient (Wildman–Crippen LogP) is 3.43. The molecular weight excluding hydrogens is 384 g/mol. The van der Waals surface area contributed by atoms with Crippen LogP contribution in [0.5, 0.6) is 5.75 Å². The quantitative estimate of drug-likeness (QED) is 0.411. The van der Waals surface area contributed by atoms with Crippen LogP contribution < -0.4 is 15.0 Å². The lowest BCUT2D eigenvalue weighted by molar-refractivity contribution is -0.122. The highest BCUT2D eigenvalue weighted by Gasteiger charge is 2.35. The lowest BCUT2D eigenvalue weighted by Crippen LogP contribution is -2.28. The first-order valence-electron chi connectivity index (χ1n) is 8.82. The molecule has 1 N–H and O–H groups in total. The molecule has 7 nitrogen and oxygen atoms in total. The number of amides is 2. The van der Waals surface area contributed by atoms with Crippen molar-refractivity contribution in [2.24, 2.45) is 5.92 Å². The summed E-state index contributed by atoms with van der Waals surface area (Å²) in [6, 6.07) is 7.24. The van der Waals surface area contributed by atoms with Crippen molar-refractivity contribution >= 4 is 45.7 Å². The number of carbonyl (C=O) groups excluding carboxylic acids is 2. The zero-order valence-electron chi connectivity index (χ0n) is 15.3. The van der Waals surface area contributed by atoms with Crippen LogP contribution in [0.3, 0.4) is 0 Å². The number of nitrogens with zero attached hydrogens (tertiary/aromatic N) is 3. The second kappa shape index (κ2) is 9.18. The Bertz CT molecular complexity index is 794. The van der Waals surface area contributed by atoms with Crippen molar-refractivity contribution in [3.63, 3.8) is 0 Å². The summed E-state index contributed by atoms with van der Waals surface area (Å²) >= 11 is 3.02. The van der Waals surface area contributed by atoms with Gasteiger partial charge in [-0.1, -0.05) is 36.4 Å². The molecule has 2 amide bonds. The molecule has 0 spiro atoms. The molecule has 1 aliphatic heterocycles. The number of hydrogen-bond acceptors (Lipinski definition) is 7. The Labute approximate surface area is 166 Å². The summed E-state index contributed by atoms with van der Waals surface area (Å²) in [5.41, 5.74) is 0.765. The molecule has 0 saturated carbocycles. The maximum atomic E-state index is 12.5. The Kier molecular flexibility index (Phi) is 6.68. The van der Waals surface area contributed by atoms with Gasteiger partial charge in [0.1, 0.15) is 5.75 Å². The molecule has 0 radical (unpaired) electrons. The molecule has 3 rings (SSSR count). The second-order valence-electron chi connectivity index (χ2n) is 6.17. The molecule has 9 heteroatoms. The van der Waals surface area contributed by atoms with Crippen LogP contribution in [0, 0.1) is 5.92 Å². The first kappa shape index (κ1) is 19.6. The third kappa shape index (κ3) is 4.98. The minimum absolute atomic E-state index is 0.0617. The van der Waals surface area contributed by atoms with Crippen molar-refractivity contribution in [1.29, 1.82) is 0 Å². The largest absolute Gasteiger partial charge is 0.497 e. The number of rotatable bonds is 8. The SMILES string of the molecule is CCCCSc1nnc(NC(=O)[C@H]2CC(=O)N(c3ccc(OC)cc3)C2)s1. The van der Waals surface area contributed by atoms with Gasteiger partial charge in [0.25, 0.3) is 0 Å². The maximum Gasteiger partial charge on any atom is 0.231 e. The standard InChI is InChI=1S/C18H22N4O3S2/c1-3-4-9-26-18-21-20-17(27-18)19-16(24)12-10-15(23)22(11-12)13-5-7-14(25-2)8-6-13/h5-8,12H,3-4,9-11H2,1-2H3,(H,19,20,24)/t12-/m0/s1. The van der Waals surface area contributed by atoms with E-state index in [0.29, 0.717) is 11.7 Å². The number of carbonyl (C=O) groups is 2. The van der Waals surface area contributed by atoms with Crippen molar-refractivity contribution in [1.82, 2.24) is 10.2 Å². The number of unbranched alkanes of at least 4 members (excludes halogenated alkanes) is 1. The van der Waals surface area contributed by atoms with E-state index < -0.39 is 5.92 Å². The average molecular weight is 407 g/mol. The van der Waals surface area contributed by atoms with E-state index in [0.717, 1.165) is 34.4 Å². The molecule has 2 aromatic rings. The van der Waals surface area contributed by atoms with E-state index in [1.165, 1.54) is 11.3 Å². The van der Waals surface area contributed by atoms with E-state index in [9.17, 15) is 9.59 Å². The summed E-state index contributed by atoms with van der Waals surface area (Å²) in [5, 5.41) is 11.4. The average Bonchev–Trinajstić information content (AvgIpc) is 3.28. The van der Waals surface area contributed by atoms with Crippen LogP contribution in [0.15, 0.2) is 28.6 Å². The van der Waals surface area contributed by atoms with Gasteiger partial charge in [-0.25, -0.2) is 0 Å². The molecule has 1 aliphatic rings. The van der Waals surface area contributed by atoms with Crippen molar-refractivity contribution in [2.75, 3.05) is 29.6 Å². The van der Waals surface area contributed by atoms with Crippen LogP contribution in [0.25, 0.3) is 0 Å². The maximum absolute atomic E-state index is 12.5. The number of hydrogen-bond donors (Lipinski definition) is 1. The van der Waals surface area contributed by atoms with Crippen LogP contribution >= 0.6 is 23.1 Å². The van der Waals surface area contributed by atoms with Crippen LogP contribution in [0.1, 0.15) is 26.2 Å². The summed E-state index contributed by atoms with van der Waals surface area (Å²) in [6.07, 6.45) is 2.45. The Morgan fingerprint density at radius 1 is 1.37 bits per heavy atom. The molecule has 1 saturated heterocycles. The minimum atomic E-state index is -0.403. The predicted molar refractivity (Wildman–Crippen MR) is 108 cm³/mol. The van der Waals surface area contributed by atoms with Gasteiger partial charge in [0.2, 0.25) is 16.9 Å². The van der Waals surface area contributed by atoms with E-state index in [1.807, 2.05) is 12.1 Å². The number of thioether (sulfide) groups is 1. The van der Waals surface area contributed by atoms with Crippen molar-refractivity contribution in [3.05, 3.63) is 24.3 Å². The van der Waals surface area contributed by atoms with Crippen LogP contribution in [0.2, 0.25) is 0 Å². The molecule has 2 heterocycles. The van der Waals surface area contributed by atoms with Crippen LogP contribution in [-0.2, 0) is 9.59 Å². The lowest BCUT2D eigenvalue weighted by atomic mass is 10.1. The highest BCUT2D eigenvalue weighted by Crippen LogP contribution is 2.29. The molecule has 0 unspecified atom stereocenters. The Hall–Kier alpha value is -2.13. The topological polar surface area (TPSA) is 84.4 Å². The normalized spacial score (nSPS) is 16.6. The number of anilines is 2. The van der Waals surface area contributed by atoms with Gasteiger partial charge in [-0.05, 0) is 30.7 Å². The molecule has 27 heavy (non-hydrogen) atoms. The number of methoxy groups -OCH3 is 1. The zero-order chi connectivity index (χ0) is 19.2. The van der Waals surface area contributed by atoms with Crippen LogP contribution in [0.4, 0.5) is 10.8 Å². The first-order chi connectivity index (χ1) is 13.1. The van der Waals surface area contributed by atoms with E-state index in [-0.39, 0.29) is 18.2 Å². The summed E-state index contributed by atoms with van der Waals surface area (Å²) in [7, 11) is 1.59. The van der Waals surface area contributed by atoms with Gasteiger partial charge >= 0.3 is 0 Å². The third-order valence-corrected chi connectivity index (χ3v) is 6.30. The Morgan fingerprint density at radius 3 is 2.85 bits per heavy atom. The Morgan fingerprint density at radius 2 is 2.15 bits per heavy atom. The molecule has 1 atom stereocenters. The van der Waals surface area contributed by atoms with Crippen molar-refractivity contribution in [3.8, 4) is 5.75 Å². The number of nitrogens with one attached hydrogen (secondary N) is 1. The molecule has 1 aromatic carbocycles.